The van der Waals surface area contributed by atoms with Crippen LogP contribution in [-0.2, 0) is 35.0 Å². The van der Waals surface area contributed by atoms with E-state index in [1.165, 1.54) is 7.11 Å². The van der Waals surface area contributed by atoms with Crippen LogP contribution in [0.25, 0.3) is 0 Å². The highest BCUT2D eigenvalue weighted by molar-refractivity contribution is 5.13. The van der Waals surface area contributed by atoms with Gasteiger partial charge < -0.3 is 23.7 Å². The van der Waals surface area contributed by atoms with E-state index in [4.69, 9.17) is 28.4 Å². The van der Waals surface area contributed by atoms with E-state index in [9.17, 15) is 0 Å². The van der Waals surface area contributed by atoms with E-state index in [0.29, 0.717) is 32.8 Å². The lowest BCUT2D eigenvalue weighted by molar-refractivity contribution is -0.503. The molecule has 0 amide bonds. The summed E-state index contributed by atoms with van der Waals surface area (Å²) in [5.41, 5.74) is 0.176. The Balaban J connectivity index is 2.06. The number of hydrogen-bond donors (Lipinski definition) is 0. The fraction of sp³-hybridized carbons (Fsp3) is 0.727. The van der Waals surface area contributed by atoms with Gasteiger partial charge in [-0.15, -0.1) is 0 Å². The zero-order valence-corrected chi connectivity index (χ0v) is 18.2. The quantitative estimate of drug-likeness (QED) is 0.492. The van der Waals surface area contributed by atoms with Crippen molar-refractivity contribution in [3.8, 4) is 0 Å². The molecule has 0 saturated carbocycles. The van der Waals surface area contributed by atoms with Gasteiger partial charge in [0, 0.05) is 13.5 Å². The van der Waals surface area contributed by atoms with Gasteiger partial charge in [0.25, 0.3) is 0 Å². The van der Waals surface area contributed by atoms with Crippen LogP contribution in [0.4, 0.5) is 0 Å². The van der Waals surface area contributed by atoms with Gasteiger partial charge in [-0.3, -0.25) is 4.74 Å². The highest BCUT2D eigenvalue weighted by Crippen LogP contribution is 2.43. The molecule has 160 valence electrons. The third-order valence-electron chi connectivity index (χ3n) is 5.11. The summed E-state index contributed by atoms with van der Waals surface area (Å²) >= 11 is 0. The van der Waals surface area contributed by atoms with Crippen LogP contribution >= 0.6 is 0 Å². The molecule has 0 aliphatic carbocycles. The Morgan fingerprint density at radius 1 is 1.07 bits per heavy atom. The van der Waals surface area contributed by atoms with Crippen LogP contribution < -0.4 is 0 Å². The molecule has 0 radical (unpaired) electrons. The van der Waals surface area contributed by atoms with Crippen molar-refractivity contribution in [3.63, 3.8) is 0 Å². The number of hydrogen-bond acceptors (Lipinski definition) is 6. The zero-order chi connectivity index (χ0) is 20.7. The number of methoxy groups -OCH3 is 1. The van der Waals surface area contributed by atoms with Crippen LogP contribution in [0.3, 0.4) is 0 Å². The van der Waals surface area contributed by atoms with Gasteiger partial charge in [-0.25, -0.2) is 0 Å². The smallest absolute Gasteiger partial charge is 0.374 e. The summed E-state index contributed by atoms with van der Waals surface area (Å²) in [5, 5.41) is 0. The first-order chi connectivity index (χ1) is 13.3. The number of rotatable bonds is 12. The first kappa shape index (κ1) is 23.3. The minimum Gasteiger partial charge on any atom is -0.374 e. The summed E-state index contributed by atoms with van der Waals surface area (Å²) < 4.78 is 35.5. The van der Waals surface area contributed by atoms with Crippen LogP contribution in [0.15, 0.2) is 30.3 Å². The Labute approximate surface area is 169 Å². The van der Waals surface area contributed by atoms with Gasteiger partial charge in [-0.1, -0.05) is 37.3 Å². The molecule has 2 atom stereocenters. The second-order valence-corrected chi connectivity index (χ2v) is 7.60. The van der Waals surface area contributed by atoms with Gasteiger partial charge in [0.05, 0.1) is 43.7 Å². The van der Waals surface area contributed by atoms with E-state index in [-0.39, 0.29) is 6.10 Å². The van der Waals surface area contributed by atoms with Crippen LogP contribution in [0.5, 0.6) is 0 Å². The molecule has 28 heavy (non-hydrogen) atoms. The van der Waals surface area contributed by atoms with Gasteiger partial charge in [-0.2, -0.15) is 0 Å². The Morgan fingerprint density at radius 2 is 1.71 bits per heavy atom. The van der Waals surface area contributed by atoms with E-state index >= 15 is 0 Å². The van der Waals surface area contributed by atoms with Crippen LogP contribution in [0.1, 0.15) is 53.0 Å². The molecule has 1 fully saturated rings. The van der Waals surface area contributed by atoms with Crippen molar-refractivity contribution in [1.29, 1.82) is 0 Å². The molecular weight excluding hydrogens is 360 g/mol. The number of benzene rings is 1. The molecule has 2 unspecified atom stereocenters. The van der Waals surface area contributed by atoms with Gasteiger partial charge in [0.15, 0.2) is 0 Å². The standard InChI is InChI=1S/C22H36O6/c1-7-21(17-24-16-18-13-11-10-12-14-18)15-19(20(4,5)28-21)27-22(23-6,25-8-2)26-9-3/h10-14,19H,7-9,15-17H2,1-6H3. The van der Waals surface area contributed by atoms with Gasteiger partial charge in [0.2, 0.25) is 0 Å². The third kappa shape index (κ3) is 5.75. The average Bonchev–Trinajstić information content (AvgIpc) is 2.93. The van der Waals surface area contributed by atoms with Gasteiger partial charge in [0.1, 0.15) is 0 Å². The summed E-state index contributed by atoms with van der Waals surface area (Å²) in [5.74, 6) is 0. The average molecular weight is 397 g/mol. The Bertz CT molecular complexity index is 570. The zero-order valence-electron chi connectivity index (χ0n) is 18.2. The monoisotopic (exact) mass is 396 g/mol. The largest absolute Gasteiger partial charge is 0.412 e. The molecule has 1 aromatic carbocycles. The predicted octanol–water partition coefficient (Wildman–Crippen LogP) is 4.27. The third-order valence-corrected chi connectivity index (χ3v) is 5.11. The minimum absolute atomic E-state index is 0.272. The van der Waals surface area contributed by atoms with E-state index < -0.39 is 17.4 Å². The maximum Gasteiger partial charge on any atom is 0.412 e. The van der Waals surface area contributed by atoms with Crippen molar-refractivity contribution in [3.05, 3.63) is 35.9 Å². The first-order valence-corrected chi connectivity index (χ1v) is 10.2. The molecule has 0 aromatic heterocycles. The Morgan fingerprint density at radius 3 is 2.25 bits per heavy atom. The molecule has 1 aromatic rings. The summed E-state index contributed by atoms with van der Waals surface area (Å²) in [6.45, 7) is 11.7. The molecule has 6 nitrogen and oxygen atoms in total. The van der Waals surface area contributed by atoms with Gasteiger partial charge >= 0.3 is 6.16 Å². The molecule has 0 spiro atoms. The van der Waals surface area contributed by atoms with Crippen molar-refractivity contribution in [2.45, 2.75) is 77.5 Å². The summed E-state index contributed by atoms with van der Waals surface area (Å²) in [4.78, 5) is 0. The first-order valence-electron chi connectivity index (χ1n) is 10.2. The summed E-state index contributed by atoms with van der Waals surface area (Å²) in [6, 6.07) is 10.1. The minimum atomic E-state index is -1.52. The van der Waals surface area contributed by atoms with Crippen molar-refractivity contribution >= 4 is 0 Å². The van der Waals surface area contributed by atoms with Crippen molar-refractivity contribution < 1.29 is 28.4 Å². The van der Waals surface area contributed by atoms with Crippen LogP contribution in [-0.4, -0.2) is 50.4 Å². The van der Waals surface area contributed by atoms with Crippen molar-refractivity contribution in [2.24, 2.45) is 0 Å². The highest BCUT2D eigenvalue weighted by Gasteiger charge is 2.54. The van der Waals surface area contributed by atoms with Crippen molar-refractivity contribution in [1.82, 2.24) is 0 Å². The highest BCUT2D eigenvalue weighted by atomic mass is 17.0. The molecule has 2 rings (SSSR count). The molecule has 1 aliphatic rings. The molecule has 1 aliphatic heterocycles. The predicted molar refractivity (Wildman–Crippen MR) is 107 cm³/mol. The van der Waals surface area contributed by atoms with Crippen molar-refractivity contribution in [2.75, 3.05) is 26.9 Å². The molecule has 1 heterocycles. The Kier molecular flexibility index (Phi) is 8.43. The lowest BCUT2D eigenvalue weighted by Crippen LogP contribution is -2.48. The molecule has 0 N–H and O–H groups in total. The van der Waals surface area contributed by atoms with E-state index in [1.807, 2.05) is 45.9 Å². The molecule has 1 saturated heterocycles. The topological polar surface area (TPSA) is 55.4 Å². The van der Waals surface area contributed by atoms with E-state index in [0.717, 1.165) is 12.0 Å². The molecular formula is C22H36O6. The van der Waals surface area contributed by atoms with E-state index in [1.54, 1.807) is 0 Å². The maximum absolute atomic E-state index is 6.47. The van der Waals surface area contributed by atoms with Crippen LogP contribution in [0, 0.1) is 0 Å². The fourth-order valence-electron chi connectivity index (χ4n) is 3.57. The second-order valence-electron chi connectivity index (χ2n) is 7.60. The molecule has 6 heteroatoms. The van der Waals surface area contributed by atoms with E-state index in [2.05, 4.69) is 19.1 Å². The SMILES string of the molecule is CCOC(OC)(OCC)OC1CC(CC)(COCc2ccccc2)OC1(C)C. The lowest BCUT2D eigenvalue weighted by Gasteiger charge is -2.36. The van der Waals surface area contributed by atoms with Gasteiger partial charge in [-0.05, 0) is 39.7 Å². The fourth-order valence-corrected chi connectivity index (χ4v) is 3.57. The second kappa shape index (κ2) is 10.1. The van der Waals surface area contributed by atoms with Crippen LogP contribution in [0.2, 0.25) is 0 Å². The normalized spacial score (nSPS) is 24.6. The lowest BCUT2D eigenvalue weighted by atomic mass is 9.93. The summed E-state index contributed by atoms with van der Waals surface area (Å²) in [7, 11) is 1.52. The maximum atomic E-state index is 6.47. The number of ether oxygens (including phenoxy) is 6. The molecule has 0 bridgehead atoms. The summed E-state index contributed by atoms with van der Waals surface area (Å²) in [6.07, 6.45) is -0.320. The Hall–Kier alpha value is -1.02.